The predicted octanol–water partition coefficient (Wildman–Crippen LogP) is 8.68. The van der Waals surface area contributed by atoms with Crippen molar-refractivity contribution in [1.29, 1.82) is 0 Å². The van der Waals surface area contributed by atoms with Crippen LogP contribution >= 0.6 is 0 Å². The Bertz CT molecular complexity index is 828. The summed E-state index contributed by atoms with van der Waals surface area (Å²) >= 11 is 0. The molecule has 1 heteroatoms. The Kier molecular flexibility index (Phi) is 16.2. The number of rotatable bonds is 5. The van der Waals surface area contributed by atoms with Crippen LogP contribution in [0, 0.1) is 6.92 Å². The molecule has 3 rings (SSSR count). The molecule has 0 bridgehead atoms. The molecule has 0 N–H and O–H groups in total. The molecule has 0 saturated carbocycles. The molecular formula is C30H41N. The Labute approximate surface area is 191 Å². The summed E-state index contributed by atoms with van der Waals surface area (Å²) in [6.45, 7) is 18.3. The maximum absolute atomic E-state index is 4.21. The molecule has 0 aliphatic carbocycles. The van der Waals surface area contributed by atoms with Crippen LogP contribution in [-0.4, -0.2) is 4.98 Å². The summed E-state index contributed by atoms with van der Waals surface area (Å²) in [5.41, 5.74) is 7.82. The van der Waals surface area contributed by atoms with E-state index in [1.54, 1.807) is 0 Å². The summed E-state index contributed by atoms with van der Waals surface area (Å²) in [5.74, 6) is 0. The van der Waals surface area contributed by atoms with E-state index in [2.05, 4.69) is 98.7 Å². The molecule has 0 fully saturated rings. The van der Waals surface area contributed by atoms with Crippen LogP contribution in [0.5, 0.6) is 0 Å². The zero-order valence-electron chi connectivity index (χ0n) is 20.5. The van der Waals surface area contributed by atoms with Gasteiger partial charge in [0.1, 0.15) is 0 Å². The van der Waals surface area contributed by atoms with Crippen molar-refractivity contribution in [2.75, 3.05) is 0 Å². The van der Waals surface area contributed by atoms with E-state index in [4.69, 9.17) is 0 Å². The van der Waals surface area contributed by atoms with Crippen LogP contribution in [0.4, 0.5) is 0 Å². The minimum Gasteiger partial charge on any atom is -0.261 e. The van der Waals surface area contributed by atoms with Crippen molar-refractivity contribution in [1.82, 2.24) is 4.98 Å². The lowest BCUT2D eigenvalue weighted by Crippen LogP contribution is -1.91. The van der Waals surface area contributed by atoms with Crippen LogP contribution in [0.15, 0.2) is 92.2 Å². The van der Waals surface area contributed by atoms with Gasteiger partial charge in [-0.3, -0.25) is 4.98 Å². The van der Waals surface area contributed by atoms with Gasteiger partial charge in [-0.1, -0.05) is 87.5 Å². The molecule has 3 aromatic rings. The maximum atomic E-state index is 4.21. The first-order valence-electron chi connectivity index (χ1n) is 11.3. The van der Waals surface area contributed by atoms with E-state index < -0.39 is 0 Å². The Morgan fingerprint density at radius 3 is 1.77 bits per heavy atom. The third kappa shape index (κ3) is 11.7. The van der Waals surface area contributed by atoms with Gasteiger partial charge in [0.25, 0.3) is 0 Å². The van der Waals surface area contributed by atoms with Gasteiger partial charge in [0, 0.05) is 11.9 Å². The molecule has 0 aliphatic rings. The number of aromatic nitrogens is 1. The molecule has 1 heterocycles. The van der Waals surface area contributed by atoms with Gasteiger partial charge in [0.15, 0.2) is 0 Å². The third-order valence-corrected chi connectivity index (χ3v) is 4.78. The van der Waals surface area contributed by atoms with Crippen LogP contribution in [0.1, 0.15) is 62.6 Å². The van der Waals surface area contributed by atoms with E-state index in [9.17, 15) is 0 Å². The molecule has 166 valence electrons. The minimum absolute atomic E-state index is 1.07. The second-order valence-electron chi connectivity index (χ2n) is 6.82. The molecule has 31 heavy (non-hydrogen) atoms. The first-order valence-corrected chi connectivity index (χ1v) is 11.3. The number of allylic oxidation sites excluding steroid dienone is 2. The highest BCUT2D eigenvalue weighted by Crippen LogP contribution is 2.11. The van der Waals surface area contributed by atoms with Gasteiger partial charge < -0.3 is 0 Å². The van der Waals surface area contributed by atoms with Gasteiger partial charge in [-0.2, -0.15) is 0 Å². The van der Waals surface area contributed by atoms with Gasteiger partial charge in [-0.25, -0.2) is 0 Å². The lowest BCUT2D eigenvalue weighted by molar-refractivity contribution is 0.957. The van der Waals surface area contributed by atoms with Crippen LogP contribution in [0.2, 0.25) is 0 Å². The van der Waals surface area contributed by atoms with E-state index in [0.29, 0.717) is 0 Å². The fraction of sp³-hybridized carbons (Fsp3) is 0.300. The molecule has 0 amide bonds. The average Bonchev–Trinajstić information content (AvgIpc) is 2.86. The van der Waals surface area contributed by atoms with Crippen molar-refractivity contribution in [2.24, 2.45) is 0 Å². The fourth-order valence-electron chi connectivity index (χ4n) is 2.74. The summed E-state index contributed by atoms with van der Waals surface area (Å²) in [4.78, 5) is 4.21. The normalized spacial score (nSPS) is 9.81. The maximum Gasteiger partial charge on any atom is 0.0373 e. The van der Waals surface area contributed by atoms with Gasteiger partial charge in [-0.05, 0) is 73.9 Å². The molecule has 0 atom stereocenters. The quantitative estimate of drug-likeness (QED) is 0.380. The molecule has 1 nitrogen and oxygen atoms in total. The van der Waals surface area contributed by atoms with E-state index in [1.165, 1.54) is 27.8 Å². The topological polar surface area (TPSA) is 12.9 Å². The van der Waals surface area contributed by atoms with Crippen molar-refractivity contribution < 1.29 is 0 Å². The van der Waals surface area contributed by atoms with Gasteiger partial charge >= 0.3 is 0 Å². The number of nitrogens with zero attached hydrogens (tertiary/aromatic N) is 1. The summed E-state index contributed by atoms with van der Waals surface area (Å²) in [6.07, 6.45) is 7.39. The molecule has 1 aromatic heterocycles. The highest BCUT2D eigenvalue weighted by atomic mass is 14.7. The van der Waals surface area contributed by atoms with Gasteiger partial charge in [-0.15, -0.1) is 13.2 Å². The number of pyridine rings is 1. The monoisotopic (exact) mass is 415 g/mol. The predicted molar refractivity (Wildman–Crippen MR) is 141 cm³/mol. The Balaban J connectivity index is 0.000000526. The Morgan fingerprint density at radius 2 is 1.32 bits per heavy atom. The molecular weight excluding hydrogens is 374 g/mol. The van der Waals surface area contributed by atoms with Crippen molar-refractivity contribution in [3.8, 4) is 0 Å². The van der Waals surface area contributed by atoms with E-state index >= 15 is 0 Å². The van der Waals surface area contributed by atoms with Crippen LogP contribution in [-0.2, 0) is 19.3 Å². The second kappa shape index (κ2) is 17.9. The first kappa shape index (κ1) is 28.1. The third-order valence-electron chi connectivity index (χ3n) is 4.78. The van der Waals surface area contributed by atoms with E-state index in [-0.39, 0.29) is 0 Å². The summed E-state index contributed by atoms with van der Waals surface area (Å²) < 4.78 is 0. The van der Waals surface area contributed by atoms with Crippen molar-refractivity contribution >= 4 is 5.57 Å². The Hall–Kier alpha value is -2.93. The first-order chi connectivity index (χ1) is 15.1. The van der Waals surface area contributed by atoms with Gasteiger partial charge in [0.05, 0.1) is 0 Å². The van der Waals surface area contributed by atoms with Crippen molar-refractivity contribution in [2.45, 2.75) is 60.8 Å². The second-order valence-corrected chi connectivity index (χ2v) is 6.82. The molecule has 0 saturated heterocycles. The largest absolute Gasteiger partial charge is 0.261 e. The summed E-state index contributed by atoms with van der Waals surface area (Å²) in [7, 11) is 0. The standard InChI is InChI=1S/C16H18.C10H13N.C2H6.C2H4/c1-2-14-8-10-16(11-9-14)13-12-15-6-4-3-5-7-15;1-4-8(2)10-6-5-9(3)11-7-10;2*1-2/h3-11H,2,12-13H2,1H3;4-7H,1-3H3;1-2H3;1-2H2/b;8-4+;;. The summed E-state index contributed by atoms with van der Waals surface area (Å²) in [5, 5.41) is 0. The number of hydrogen-bond acceptors (Lipinski definition) is 1. The average molecular weight is 416 g/mol. The highest BCUT2D eigenvalue weighted by Gasteiger charge is 1.96. The van der Waals surface area contributed by atoms with Crippen molar-refractivity contribution in [3.63, 3.8) is 0 Å². The molecule has 0 unspecified atom stereocenters. The Morgan fingerprint density at radius 1 is 0.806 bits per heavy atom. The zero-order chi connectivity index (χ0) is 23.5. The van der Waals surface area contributed by atoms with E-state index in [1.807, 2.05) is 40.0 Å². The molecule has 0 aliphatic heterocycles. The highest BCUT2D eigenvalue weighted by molar-refractivity contribution is 5.62. The summed E-state index contributed by atoms with van der Waals surface area (Å²) in [6, 6.07) is 23.8. The SMILES string of the molecule is C/C=C(\C)c1ccc(C)nc1.C=C.CC.CCc1ccc(CCc2ccccc2)cc1. The number of hydrogen-bond donors (Lipinski definition) is 0. The lowest BCUT2D eigenvalue weighted by atomic mass is 10.0. The number of aryl methyl sites for hydroxylation is 4. The molecule has 0 radical (unpaired) electrons. The molecule has 0 spiro atoms. The van der Waals surface area contributed by atoms with Gasteiger partial charge in [0.2, 0.25) is 0 Å². The fourth-order valence-corrected chi connectivity index (χ4v) is 2.74. The number of benzene rings is 2. The van der Waals surface area contributed by atoms with Crippen LogP contribution in [0.25, 0.3) is 5.57 Å². The van der Waals surface area contributed by atoms with Crippen LogP contribution < -0.4 is 0 Å². The lowest BCUT2D eigenvalue weighted by Gasteiger charge is -2.03. The van der Waals surface area contributed by atoms with Crippen molar-refractivity contribution in [3.05, 3.63) is 120 Å². The molecule has 2 aromatic carbocycles. The zero-order valence-corrected chi connectivity index (χ0v) is 20.5. The smallest absolute Gasteiger partial charge is 0.0373 e. The van der Waals surface area contributed by atoms with Crippen LogP contribution in [0.3, 0.4) is 0 Å². The minimum atomic E-state index is 1.07. The van der Waals surface area contributed by atoms with E-state index in [0.717, 1.165) is 25.0 Å².